The second kappa shape index (κ2) is 5.05. The maximum atomic E-state index is 4.65. The molecule has 2 aromatic heterocycles. The topological polar surface area (TPSA) is 43.1 Å². The van der Waals surface area contributed by atoms with Gasteiger partial charge in [0.2, 0.25) is 4.96 Å². The van der Waals surface area contributed by atoms with E-state index in [4.69, 9.17) is 0 Å². The molecule has 0 saturated carbocycles. The van der Waals surface area contributed by atoms with Crippen molar-refractivity contribution in [3.63, 3.8) is 0 Å². The average Bonchev–Trinajstić information content (AvgIpc) is 3.08. The van der Waals surface area contributed by atoms with E-state index in [1.807, 2.05) is 54.6 Å². The van der Waals surface area contributed by atoms with Gasteiger partial charge in [-0.1, -0.05) is 69.7 Å². The summed E-state index contributed by atoms with van der Waals surface area (Å²) in [4.78, 5) is 0.795. The lowest BCUT2D eigenvalue weighted by Gasteiger charge is -1.97. The first-order valence-corrected chi connectivity index (χ1v) is 7.96. The fourth-order valence-electron chi connectivity index (χ4n) is 2.12. The normalized spacial score (nSPS) is 11.1. The first kappa shape index (κ1) is 12.7. The van der Waals surface area contributed by atoms with Crippen LogP contribution in [0, 0.1) is 0 Å². The molecule has 0 radical (unpaired) electrons. The first-order valence-electron chi connectivity index (χ1n) is 6.35. The minimum atomic E-state index is 0.767. The fraction of sp³-hybridized carbons (Fsp3) is 0. The summed E-state index contributed by atoms with van der Waals surface area (Å²) in [5.41, 5.74) is 2.08. The molecule has 102 valence electrons. The predicted molar refractivity (Wildman–Crippen MR) is 87.2 cm³/mol. The average molecular weight is 357 g/mol. The number of hydrogen-bond acceptors (Lipinski definition) is 4. The van der Waals surface area contributed by atoms with E-state index >= 15 is 0 Å². The van der Waals surface area contributed by atoms with Crippen LogP contribution in [0.1, 0.15) is 0 Å². The summed E-state index contributed by atoms with van der Waals surface area (Å²) in [6.07, 6.45) is 0. The lowest BCUT2D eigenvalue weighted by Crippen LogP contribution is -1.90. The standard InChI is InChI=1S/C15H9BrN4S/c16-12-8-4-7-11(9-12)14-19-20-13(17-18-15(20)21-14)10-5-2-1-3-6-10/h1-9H. The van der Waals surface area contributed by atoms with Crippen LogP contribution in [-0.2, 0) is 0 Å². The molecule has 2 aromatic carbocycles. The first-order chi connectivity index (χ1) is 10.3. The molecule has 0 atom stereocenters. The zero-order chi connectivity index (χ0) is 14.2. The largest absolute Gasteiger partial charge is 0.235 e. The van der Waals surface area contributed by atoms with Gasteiger partial charge in [0.15, 0.2) is 5.82 Å². The molecule has 0 spiro atoms. The van der Waals surface area contributed by atoms with Crippen molar-refractivity contribution in [2.75, 3.05) is 0 Å². The van der Waals surface area contributed by atoms with E-state index in [0.29, 0.717) is 0 Å². The minimum absolute atomic E-state index is 0.767. The molecule has 4 nitrogen and oxygen atoms in total. The Balaban J connectivity index is 1.87. The number of nitrogens with zero attached hydrogens (tertiary/aromatic N) is 4. The van der Waals surface area contributed by atoms with Crippen LogP contribution < -0.4 is 0 Å². The van der Waals surface area contributed by atoms with Gasteiger partial charge < -0.3 is 0 Å². The van der Waals surface area contributed by atoms with Crippen molar-refractivity contribution in [2.24, 2.45) is 0 Å². The number of rotatable bonds is 2. The smallest absolute Gasteiger partial charge is 0.182 e. The number of benzene rings is 2. The van der Waals surface area contributed by atoms with Crippen molar-refractivity contribution < 1.29 is 0 Å². The molecule has 21 heavy (non-hydrogen) atoms. The quantitative estimate of drug-likeness (QED) is 0.538. The van der Waals surface area contributed by atoms with E-state index in [1.54, 1.807) is 4.52 Å². The van der Waals surface area contributed by atoms with Gasteiger partial charge in [-0.3, -0.25) is 0 Å². The van der Waals surface area contributed by atoms with Crippen molar-refractivity contribution in [2.45, 2.75) is 0 Å². The fourth-order valence-corrected chi connectivity index (χ4v) is 3.36. The molecular weight excluding hydrogens is 348 g/mol. The van der Waals surface area contributed by atoms with E-state index in [9.17, 15) is 0 Å². The third-order valence-corrected chi connectivity index (χ3v) is 4.54. The Bertz CT molecular complexity index is 914. The minimum Gasteiger partial charge on any atom is -0.182 e. The highest BCUT2D eigenvalue weighted by Crippen LogP contribution is 2.29. The molecule has 0 unspecified atom stereocenters. The highest BCUT2D eigenvalue weighted by molar-refractivity contribution is 9.10. The summed E-state index contributed by atoms with van der Waals surface area (Å²) in [5.74, 6) is 0.767. The Morgan fingerprint density at radius 2 is 1.71 bits per heavy atom. The van der Waals surface area contributed by atoms with Crippen LogP contribution in [0.4, 0.5) is 0 Å². The molecular formula is C15H9BrN4S. The summed E-state index contributed by atoms with van der Waals surface area (Å²) in [6.45, 7) is 0. The van der Waals surface area contributed by atoms with Gasteiger partial charge in [0.1, 0.15) is 5.01 Å². The lowest BCUT2D eigenvalue weighted by atomic mass is 10.2. The Morgan fingerprint density at radius 3 is 2.52 bits per heavy atom. The molecule has 0 amide bonds. The SMILES string of the molecule is Brc1cccc(-c2nn3c(-c4ccccc4)nnc3s2)c1. The van der Waals surface area contributed by atoms with E-state index < -0.39 is 0 Å². The second-order valence-electron chi connectivity index (χ2n) is 4.50. The van der Waals surface area contributed by atoms with Gasteiger partial charge in [-0.15, -0.1) is 10.2 Å². The number of fused-ring (bicyclic) bond motifs is 1. The third kappa shape index (κ3) is 2.26. The number of hydrogen-bond donors (Lipinski definition) is 0. The van der Waals surface area contributed by atoms with Crippen molar-refractivity contribution in [1.82, 2.24) is 19.8 Å². The molecule has 0 aliphatic carbocycles. The van der Waals surface area contributed by atoms with Gasteiger partial charge >= 0.3 is 0 Å². The van der Waals surface area contributed by atoms with Gasteiger partial charge in [0.25, 0.3) is 0 Å². The highest BCUT2D eigenvalue weighted by atomic mass is 79.9. The molecule has 4 aromatic rings. The maximum absolute atomic E-state index is 4.65. The molecule has 2 heterocycles. The Kier molecular flexibility index (Phi) is 3.05. The third-order valence-electron chi connectivity index (χ3n) is 3.09. The predicted octanol–water partition coefficient (Wildman–Crippen LogP) is 4.28. The number of halogens is 1. The highest BCUT2D eigenvalue weighted by Gasteiger charge is 2.14. The molecule has 6 heteroatoms. The van der Waals surface area contributed by atoms with E-state index in [0.717, 1.165) is 31.4 Å². The van der Waals surface area contributed by atoms with Gasteiger partial charge in [-0.2, -0.15) is 9.61 Å². The maximum Gasteiger partial charge on any atom is 0.235 e. The van der Waals surface area contributed by atoms with Crippen LogP contribution in [-0.4, -0.2) is 19.8 Å². The van der Waals surface area contributed by atoms with Gasteiger partial charge in [-0.25, -0.2) is 0 Å². The Hall–Kier alpha value is -2.05. The molecule has 0 saturated heterocycles. The summed E-state index contributed by atoms with van der Waals surface area (Å²) in [5, 5.41) is 14.0. The molecule has 0 bridgehead atoms. The van der Waals surface area contributed by atoms with Gasteiger partial charge in [0.05, 0.1) is 0 Å². The van der Waals surface area contributed by atoms with E-state index in [1.165, 1.54) is 11.3 Å². The van der Waals surface area contributed by atoms with E-state index in [-0.39, 0.29) is 0 Å². The Morgan fingerprint density at radius 1 is 0.905 bits per heavy atom. The molecule has 0 aliphatic rings. The van der Waals surface area contributed by atoms with Gasteiger partial charge in [0, 0.05) is 15.6 Å². The van der Waals surface area contributed by atoms with Crippen LogP contribution in [0.25, 0.3) is 26.9 Å². The van der Waals surface area contributed by atoms with Crippen LogP contribution in [0.3, 0.4) is 0 Å². The Labute approximate surface area is 133 Å². The van der Waals surface area contributed by atoms with Crippen molar-refractivity contribution in [3.8, 4) is 22.0 Å². The van der Waals surface area contributed by atoms with Gasteiger partial charge in [-0.05, 0) is 12.1 Å². The number of aromatic nitrogens is 4. The molecule has 0 N–H and O–H groups in total. The second-order valence-corrected chi connectivity index (χ2v) is 6.37. The summed E-state index contributed by atoms with van der Waals surface area (Å²) >= 11 is 5.02. The molecule has 0 aliphatic heterocycles. The van der Waals surface area contributed by atoms with Crippen LogP contribution in [0.15, 0.2) is 59.1 Å². The molecule has 0 fully saturated rings. The summed E-state index contributed by atoms with van der Waals surface area (Å²) < 4.78 is 2.84. The van der Waals surface area contributed by atoms with Crippen LogP contribution >= 0.6 is 27.3 Å². The van der Waals surface area contributed by atoms with Crippen LogP contribution in [0.2, 0.25) is 0 Å². The monoisotopic (exact) mass is 356 g/mol. The lowest BCUT2D eigenvalue weighted by molar-refractivity contribution is 0.970. The van der Waals surface area contributed by atoms with Crippen molar-refractivity contribution in [3.05, 3.63) is 59.1 Å². The zero-order valence-electron chi connectivity index (χ0n) is 10.8. The van der Waals surface area contributed by atoms with Crippen molar-refractivity contribution >= 4 is 32.2 Å². The van der Waals surface area contributed by atoms with E-state index in [2.05, 4.69) is 31.2 Å². The molecule has 4 rings (SSSR count). The summed E-state index contributed by atoms with van der Waals surface area (Å²) in [7, 11) is 0. The van der Waals surface area contributed by atoms with Crippen molar-refractivity contribution in [1.29, 1.82) is 0 Å². The van der Waals surface area contributed by atoms with Crippen LogP contribution in [0.5, 0.6) is 0 Å². The zero-order valence-corrected chi connectivity index (χ0v) is 13.2. The summed E-state index contributed by atoms with van der Waals surface area (Å²) in [6, 6.07) is 18.1.